The molecule has 8 heteroatoms. The number of nitrogens with two attached hydrogens (primary N) is 1. The molecule has 0 heterocycles. The van der Waals surface area contributed by atoms with Crippen LogP contribution in [0.4, 0.5) is 4.79 Å². The van der Waals surface area contributed by atoms with Crippen LogP contribution in [-0.4, -0.2) is 41.5 Å². The molecule has 1 aliphatic carbocycles. The highest BCUT2D eigenvalue weighted by Crippen LogP contribution is 2.44. The Morgan fingerprint density at radius 3 is 2.26 bits per heavy atom. The van der Waals surface area contributed by atoms with E-state index in [1.165, 1.54) is 11.8 Å². The number of carbonyl (C=O) groups excluding carboxylic acids is 2. The summed E-state index contributed by atoms with van der Waals surface area (Å²) >= 11 is 1.51. The van der Waals surface area contributed by atoms with E-state index in [0.717, 1.165) is 27.8 Å². The van der Waals surface area contributed by atoms with Gasteiger partial charge in [-0.25, -0.2) is 9.59 Å². The van der Waals surface area contributed by atoms with Crippen LogP contribution in [0.2, 0.25) is 0 Å². The first-order valence-electron chi connectivity index (χ1n) is 11.2. The Bertz CT molecular complexity index is 1200. The van der Waals surface area contributed by atoms with E-state index < -0.39 is 24.0 Å². The molecule has 3 aromatic carbocycles. The van der Waals surface area contributed by atoms with Gasteiger partial charge in [-0.2, -0.15) is 11.8 Å². The third kappa shape index (κ3) is 5.84. The van der Waals surface area contributed by atoms with Gasteiger partial charge in [0.05, 0.1) is 0 Å². The van der Waals surface area contributed by atoms with Gasteiger partial charge in [-0.05, 0) is 52.1 Å². The molecule has 180 valence electrons. The zero-order valence-electron chi connectivity index (χ0n) is 19.0. The number of carboxylic acid groups (broad SMARTS) is 1. The van der Waals surface area contributed by atoms with Gasteiger partial charge in [0.25, 0.3) is 0 Å². The summed E-state index contributed by atoms with van der Waals surface area (Å²) in [6.07, 6.45) is -0.516. The van der Waals surface area contributed by atoms with E-state index in [9.17, 15) is 19.5 Å². The molecule has 0 spiro atoms. The number of thioether (sulfide) groups is 1. The van der Waals surface area contributed by atoms with Crippen LogP contribution in [0, 0.1) is 0 Å². The first-order valence-corrected chi connectivity index (χ1v) is 12.4. The van der Waals surface area contributed by atoms with E-state index in [4.69, 9.17) is 10.5 Å². The van der Waals surface area contributed by atoms with Crippen molar-refractivity contribution in [3.8, 4) is 11.1 Å². The summed E-state index contributed by atoms with van der Waals surface area (Å²) in [6, 6.07) is 22.0. The predicted molar refractivity (Wildman–Crippen MR) is 135 cm³/mol. The van der Waals surface area contributed by atoms with E-state index >= 15 is 0 Å². The second-order valence-corrected chi connectivity index (χ2v) is 9.37. The molecule has 0 radical (unpaired) electrons. The highest BCUT2D eigenvalue weighted by Gasteiger charge is 2.29. The minimum Gasteiger partial charge on any atom is -0.480 e. The minimum atomic E-state index is -1.12. The lowest BCUT2D eigenvalue weighted by Gasteiger charge is -2.17. The summed E-state index contributed by atoms with van der Waals surface area (Å²) in [6.45, 7) is 0.122. The number of alkyl carbamates (subject to hydrolysis) is 1. The number of aliphatic carboxylic acids is 1. The van der Waals surface area contributed by atoms with E-state index in [2.05, 4.69) is 17.4 Å². The lowest BCUT2D eigenvalue weighted by molar-refractivity contribution is -0.139. The molecule has 4 N–H and O–H groups in total. The molecule has 0 saturated carbocycles. The lowest BCUT2D eigenvalue weighted by atomic mass is 9.98. The molecule has 0 saturated heterocycles. The molecule has 1 unspecified atom stereocenters. The molecule has 0 aliphatic heterocycles. The standard InChI is InChI=1S/C27H26N2O5S/c28-25(30)18-7-5-6-17(14-18)16-35-13-12-24(26(31)32)29-27(33)34-15-23-21-10-3-1-8-19(21)20-9-2-4-11-22(20)23/h1-11,14,23-24H,12-13,15-16H2,(H2,28,30)(H,29,33)(H,31,32). The summed E-state index contributed by atoms with van der Waals surface area (Å²) in [7, 11) is 0. The normalized spacial score (nSPS) is 12.9. The number of carbonyl (C=O) groups is 3. The summed E-state index contributed by atoms with van der Waals surface area (Å²) in [5.74, 6) is -0.604. The van der Waals surface area contributed by atoms with E-state index in [1.807, 2.05) is 42.5 Å². The van der Waals surface area contributed by atoms with Crippen LogP contribution in [0.1, 0.15) is 39.4 Å². The fourth-order valence-corrected chi connectivity index (χ4v) is 5.21. The topological polar surface area (TPSA) is 119 Å². The largest absolute Gasteiger partial charge is 0.480 e. The summed E-state index contributed by atoms with van der Waals surface area (Å²) in [4.78, 5) is 35.4. The van der Waals surface area contributed by atoms with E-state index in [1.54, 1.807) is 18.2 Å². The minimum absolute atomic E-state index is 0.0943. The van der Waals surface area contributed by atoms with Crippen LogP contribution in [0.25, 0.3) is 11.1 Å². The van der Waals surface area contributed by atoms with Crippen molar-refractivity contribution < 1.29 is 24.2 Å². The highest BCUT2D eigenvalue weighted by atomic mass is 32.2. The van der Waals surface area contributed by atoms with E-state index in [-0.39, 0.29) is 18.9 Å². The van der Waals surface area contributed by atoms with Gasteiger partial charge in [0, 0.05) is 17.2 Å². The number of nitrogens with one attached hydrogen (secondary N) is 1. The van der Waals surface area contributed by atoms with Crippen molar-refractivity contribution in [2.45, 2.75) is 24.1 Å². The van der Waals surface area contributed by atoms with Gasteiger partial charge < -0.3 is 20.9 Å². The van der Waals surface area contributed by atoms with Gasteiger partial charge in [0.2, 0.25) is 5.91 Å². The molecule has 1 atom stereocenters. The number of amides is 2. The van der Waals surface area contributed by atoms with Gasteiger partial charge in [-0.15, -0.1) is 0 Å². The zero-order chi connectivity index (χ0) is 24.8. The second-order valence-electron chi connectivity index (χ2n) is 8.27. The Kier molecular flexibility index (Phi) is 7.72. The maximum absolute atomic E-state index is 12.4. The Morgan fingerprint density at radius 1 is 0.971 bits per heavy atom. The average molecular weight is 491 g/mol. The molecule has 35 heavy (non-hydrogen) atoms. The van der Waals surface area contributed by atoms with Crippen molar-refractivity contribution in [3.05, 3.63) is 95.1 Å². The van der Waals surface area contributed by atoms with Gasteiger partial charge in [-0.3, -0.25) is 4.79 Å². The van der Waals surface area contributed by atoms with Crippen molar-refractivity contribution in [2.24, 2.45) is 5.73 Å². The SMILES string of the molecule is NC(=O)c1cccc(CSCCC(NC(=O)OCC2c3ccccc3-c3ccccc32)C(=O)O)c1. The first-order chi connectivity index (χ1) is 16.9. The van der Waals surface area contributed by atoms with Crippen LogP contribution in [0.5, 0.6) is 0 Å². The number of fused-ring (bicyclic) bond motifs is 3. The van der Waals surface area contributed by atoms with Crippen LogP contribution >= 0.6 is 11.8 Å². The molecule has 2 amide bonds. The van der Waals surface area contributed by atoms with Crippen LogP contribution in [0.15, 0.2) is 72.8 Å². The second kappa shape index (κ2) is 11.1. The van der Waals surface area contributed by atoms with Crippen LogP contribution in [-0.2, 0) is 15.3 Å². The van der Waals surface area contributed by atoms with E-state index in [0.29, 0.717) is 17.1 Å². The molecule has 0 fully saturated rings. The maximum Gasteiger partial charge on any atom is 0.407 e. The zero-order valence-corrected chi connectivity index (χ0v) is 19.8. The van der Waals surface area contributed by atoms with Crippen molar-refractivity contribution in [1.82, 2.24) is 5.32 Å². The van der Waals surface area contributed by atoms with Gasteiger partial charge in [0.1, 0.15) is 12.6 Å². The van der Waals surface area contributed by atoms with Crippen molar-refractivity contribution in [1.29, 1.82) is 0 Å². The molecule has 7 nitrogen and oxygen atoms in total. The van der Waals surface area contributed by atoms with Crippen LogP contribution < -0.4 is 11.1 Å². The fraction of sp³-hybridized carbons (Fsp3) is 0.222. The predicted octanol–water partition coefficient (Wildman–Crippen LogP) is 4.40. The summed E-state index contributed by atoms with van der Waals surface area (Å²) < 4.78 is 5.47. The lowest BCUT2D eigenvalue weighted by Crippen LogP contribution is -2.41. The van der Waals surface area contributed by atoms with Gasteiger partial charge in [-0.1, -0.05) is 60.7 Å². The number of primary amides is 1. The summed E-state index contributed by atoms with van der Waals surface area (Å²) in [5.41, 5.74) is 11.1. The Morgan fingerprint density at radius 2 is 1.63 bits per heavy atom. The maximum atomic E-state index is 12.4. The monoisotopic (exact) mass is 490 g/mol. The Balaban J connectivity index is 1.28. The highest BCUT2D eigenvalue weighted by molar-refractivity contribution is 7.98. The molecule has 3 aromatic rings. The fourth-order valence-electron chi connectivity index (χ4n) is 4.25. The third-order valence-corrected chi connectivity index (χ3v) is 7.03. The van der Waals surface area contributed by atoms with Crippen molar-refractivity contribution in [3.63, 3.8) is 0 Å². The number of ether oxygens (including phenoxy) is 1. The number of carboxylic acids is 1. The Hall–Kier alpha value is -3.78. The Labute approximate surface area is 207 Å². The van der Waals surface area contributed by atoms with Crippen molar-refractivity contribution >= 4 is 29.7 Å². The molecule has 0 bridgehead atoms. The number of benzene rings is 3. The molecule has 1 aliphatic rings. The number of hydrogen-bond donors (Lipinski definition) is 3. The molecular formula is C27H26N2O5S. The van der Waals surface area contributed by atoms with Crippen LogP contribution in [0.3, 0.4) is 0 Å². The smallest absolute Gasteiger partial charge is 0.407 e. The average Bonchev–Trinajstić information content (AvgIpc) is 3.18. The van der Waals surface area contributed by atoms with Gasteiger partial charge >= 0.3 is 12.1 Å². The molecular weight excluding hydrogens is 464 g/mol. The molecule has 0 aromatic heterocycles. The quantitative estimate of drug-likeness (QED) is 0.363. The first kappa shape index (κ1) is 24.3. The number of rotatable bonds is 10. The third-order valence-electron chi connectivity index (χ3n) is 5.96. The molecule has 4 rings (SSSR count). The number of hydrogen-bond acceptors (Lipinski definition) is 5. The van der Waals surface area contributed by atoms with Gasteiger partial charge in [0.15, 0.2) is 0 Å². The van der Waals surface area contributed by atoms with Crippen molar-refractivity contribution in [2.75, 3.05) is 12.4 Å². The summed E-state index contributed by atoms with van der Waals surface area (Å²) in [5, 5.41) is 12.0.